The zero-order valence-electron chi connectivity index (χ0n) is 15.4. The van der Waals surface area contributed by atoms with Gasteiger partial charge < -0.3 is 10.8 Å². The number of hydrogen-bond donors (Lipinski definition) is 3. The molecule has 2 heterocycles. The lowest BCUT2D eigenvalue weighted by Crippen LogP contribution is -2.55. The third kappa shape index (κ3) is 3.98. The predicted octanol–water partition coefficient (Wildman–Crippen LogP) is 3.34. The highest BCUT2D eigenvalue weighted by Gasteiger charge is 2.39. The van der Waals surface area contributed by atoms with Crippen molar-refractivity contribution in [1.29, 1.82) is 0 Å². The molecule has 2 amide bonds. The van der Waals surface area contributed by atoms with Crippen LogP contribution < -0.4 is 16.0 Å². The van der Waals surface area contributed by atoms with Gasteiger partial charge in [-0.05, 0) is 37.1 Å². The SMILES string of the molecule is Nc1ccc(-c2cccc(Cl)c2)nc1N(C(=O)Nc1cnccn1)C1CC[C@H]1O. The number of anilines is 3. The molecular weight excluding hydrogens is 392 g/mol. The van der Waals surface area contributed by atoms with Crippen molar-refractivity contribution >= 4 is 35.0 Å². The lowest BCUT2D eigenvalue weighted by atomic mass is 9.88. The Balaban J connectivity index is 1.72. The maximum absolute atomic E-state index is 13.1. The molecule has 2 atom stereocenters. The smallest absolute Gasteiger partial charge is 0.329 e. The highest BCUT2D eigenvalue weighted by Crippen LogP contribution is 2.34. The standard InChI is InChI=1S/C20H19ClN6O2/c21-13-3-1-2-12(10-13)15-5-4-14(22)19(25-15)27(16-6-7-17(16)28)20(29)26-18-11-23-8-9-24-18/h1-5,8-11,16-17,28H,6-7,22H2,(H,24,26,29)/t16?,17-/m1/s1. The van der Waals surface area contributed by atoms with E-state index in [0.29, 0.717) is 35.1 Å². The number of hydrogen-bond acceptors (Lipinski definition) is 6. The van der Waals surface area contributed by atoms with Crippen molar-refractivity contribution in [2.45, 2.75) is 25.0 Å². The molecule has 1 fully saturated rings. The van der Waals surface area contributed by atoms with Gasteiger partial charge in [-0.3, -0.25) is 15.2 Å². The summed E-state index contributed by atoms with van der Waals surface area (Å²) in [5, 5.41) is 13.5. The van der Waals surface area contributed by atoms with E-state index in [-0.39, 0.29) is 5.82 Å². The monoisotopic (exact) mass is 410 g/mol. The van der Waals surface area contributed by atoms with Gasteiger partial charge in [0.25, 0.3) is 0 Å². The fraction of sp³-hybridized carbons (Fsp3) is 0.200. The van der Waals surface area contributed by atoms with Crippen LogP contribution in [0.4, 0.5) is 22.1 Å². The number of nitrogens with two attached hydrogens (primary N) is 1. The zero-order chi connectivity index (χ0) is 20.4. The van der Waals surface area contributed by atoms with Crippen molar-refractivity contribution in [3.8, 4) is 11.3 Å². The van der Waals surface area contributed by atoms with Crippen LogP contribution in [-0.2, 0) is 0 Å². The average molecular weight is 411 g/mol. The molecule has 29 heavy (non-hydrogen) atoms. The van der Waals surface area contributed by atoms with Crippen molar-refractivity contribution in [1.82, 2.24) is 15.0 Å². The number of pyridine rings is 1. The molecular formula is C20H19ClN6O2. The van der Waals surface area contributed by atoms with Crippen molar-refractivity contribution < 1.29 is 9.90 Å². The summed E-state index contributed by atoms with van der Waals surface area (Å²) >= 11 is 6.10. The minimum absolute atomic E-state index is 0.271. The van der Waals surface area contributed by atoms with E-state index < -0.39 is 18.2 Å². The number of aliphatic hydroxyl groups is 1. The Bertz CT molecular complexity index is 1030. The Labute approximate surface area is 172 Å². The van der Waals surface area contributed by atoms with Crippen LogP contribution in [0, 0.1) is 0 Å². The molecule has 3 aromatic rings. The first-order valence-corrected chi connectivity index (χ1v) is 9.47. The third-order valence-corrected chi connectivity index (χ3v) is 5.04. The second-order valence-corrected chi connectivity index (χ2v) is 7.16. The number of rotatable bonds is 4. The molecule has 1 aliphatic rings. The van der Waals surface area contributed by atoms with Gasteiger partial charge in [-0.1, -0.05) is 23.7 Å². The second kappa shape index (κ2) is 8.02. The van der Waals surface area contributed by atoms with E-state index in [1.807, 2.05) is 12.1 Å². The molecule has 9 heteroatoms. The van der Waals surface area contributed by atoms with Crippen molar-refractivity contribution in [2.24, 2.45) is 0 Å². The number of nitrogens with one attached hydrogen (secondary N) is 1. The van der Waals surface area contributed by atoms with Crippen molar-refractivity contribution in [3.05, 3.63) is 60.0 Å². The van der Waals surface area contributed by atoms with E-state index in [1.54, 1.807) is 24.3 Å². The molecule has 4 rings (SSSR count). The molecule has 0 radical (unpaired) electrons. The zero-order valence-corrected chi connectivity index (χ0v) is 16.1. The first-order chi connectivity index (χ1) is 14.0. The number of carbonyl (C=O) groups excluding carboxylic acids is 1. The minimum atomic E-state index is -0.654. The molecule has 4 N–H and O–H groups in total. The first kappa shape index (κ1) is 19.1. The molecule has 0 spiro atoms. The summed E-state index contributed by atoms with van der Waals surface area (Å²) in [7, 11) is 0. The number of aliphatic hydroxyl groups excluding tert-OH is 1. The normalized spacial score (nSPS) is 18.0. The number of aromatic nitrogens is 3. The molecule has 2 aromatic heterocycles. The fourth-order valence-corrected chi connectivity index (χ4v) is 3.35. The molecule has 1 aromatic carbocycles. The van der Waals surface area contributed by atoms with Gasteiger partial charge in [-0.2, -0.15) is 0 Å². The lowest BCUT2D eigenvalue weighted by molar-refractivity contribution is 0.0676. The van der Waals surface area contributed by atoms with Gasteiger partial charge in [0.15, 0.2) is 11.6 Å². The van der Waals surface area contributed by atoms with E-state index >= 15 is 0 Å². The van der Waals surface area contributed by atoms with Crippen LogP contribution in [0.15, 0.2) is 55.0 Å². The van der Waals surface area contributed by atoms with E-state index in [0.717, 1.165) is 5.56 Å². The predicted molar refractivity (Wildman–Crippen MR) is 112 cm³/mol. The van der Waals surface area contributed by atoms with Gasteiger partial charge >= 0.3 is 6.03 Å². The summed E-state index contributed by atoms with van der Waals surface area (Å²) in [6.45, 7) is 0. The highest BCUT2D eigenvalue weighted by atomic mass is 35.5. The number of nitrogens with zero attached hydrogens (tertiary/aromatic N) is 4. The maximum Gasteiger partial charge on any atom is 0.329 e. The van der Waals surface area contributed by atoms with Gasteiger partial charge in [0.2, 0.25) is 0 Å². The highest BCUT2D eigenvalue weighted by molar-refractivity contribution is 6.30. The number of amides is 2. The van der Waals surface area contributed by atoms with Gasteiger partial charge in [0, 0.05) is 23.0 Å². The maximum atomic E-state index is 13.1. The van der Waals surface area contributed by atoms with E-state index in [4.69, 9.17) is 17.3 Å². The van der Waals surface area contributed by atoms with Crippen LogP contribution >= 0.6 is 11.6 Å². The molecule has 1 unspecified atom stereocenters. The van der Waals surface area contributed by atoms with Gasteiger partial charge in [-0.15, -0.1) is 0 Å². The Kier molecular flexibility index (Phi) is 5.28. The first-order valence-electron chi connectivity index (χ1n) is 9.09. The lowest BCUT2D eigenvalue weighted by Gasteiger charge is -2.41. The van der Waals surface area contributed by atoms with Crippen LogP contribution in [0.3, 0.4) is 0 Å². The molecule has 0 saturated heterocycles. The topological polar surface area (TPSA) is 117 Å². The summed E-state index contributed by atoms with van der Waals surface area (Å²) in [6.07, 6.45) is 5.01. The molecule has 0 bridgehead atoms. The number of urea groups is 1. The van der Waals surface area contributed by atoms with Crippen LogP contribution in [0.1, 0.15) is 12.8 Å². The van der Waals surface area contributed by atoms with E-state index in [9.17, 15) is 9.90 Å². The van der Waals surface area contributed by atoms with Crippen LogP contribution in [0.2, 0.25) is 5.02 Å². The fourth-order valence-electron chi connectivity index (χ4n) is 3.16. The Morgan fingerprint density at radius 2 is 2.10 bits per heavy atom. The Hall–Kier alpha value is -3.23. The van der Waals surface area contributed by atoms with Gasteiger partial charge in [0.1, 0.15) is 0 Å². The van der Waals surface area contributed by atoms with Gasteiger partial charge in [0.05, 0.1) is 29.7 Å². The second-order valence-electron chi connectivity index (χ2n) is 6.72. The minimum Gasteiger partial charge on any atom is -0.396 e. The van der Waals surface area contributed by atoms with E-state index in [2.05, 4.69) is 20.3 Å². The van der Waals surface area contributed by atoms with Crippen LogP contribution in [0.5, 0.6) is 0 Å². The number of benzene rings is 1. The van der Waals surface area contributed by atoms with Gasteiger partial charge in [-0.25, -0.2) is 14.8 Å². The largest absolute Gasteiger partial charge is 0.396 e. The molecule has 0 aliphatic heterocycles. The summed E-state index contributed by atoms with van der Waals surface area (Å²) < 4.78 is 0. The Morgan fingerprint density at radius 1 is 1.24 bits per heavy atom. The number of carbonyl (C=O) groups is 1. The summed E-state index contributed by atoms with van der Waals surface area (Å²) in [5.41, 5.74) is 7.90. The van der Waals surface area contributed by atoms with Crippen molar-refractivity contribution in [2.75, 3.05) is 16.0 Å². The number of halogens is 1. The summed E-state index contributed by atoms with van der Waals surface area (Å²) in [4.78, 5) is 27.1. The quantitative estimate of drug-likeness (QED) is 0.607. The average Bonchev–Trinajstić information content (AvgIpc) is 2.72. The summed E-state index contributed by atoms with van der Waals surface area (Å²) in [5.74, 6) is 0.563. The molecule has 1 aliphatic carbocycles. The van der Waals surface area contributed by atoms with Crippen molar-refractivity contribution in [3.63, 3.8) is 0 Å². The Morgan fingerprint density at radius 3 is 2.76 bits per heavy atom. The van der Waals surface area contributed by atoms with Crippen LogP contribution in [0.25, 0.3) is 11.3 Å². The van der Waals surface area contributed by atoms with E-state index in [1.165, 1.54) is 23.5 Å². The third-order valence-electron chi connectivity index (χ3n) is 4.80. The number of nitrogen functional groups attached to an aromatic ring is 1. The van der Waals surface area contributed by atoms with Crippen LogP contribution in [-0.4, -0.2) is 38.2 Å². The summed E-state index contributed by atoms with van der Waals surface area (Å²) in [6, 6.07) is 9.78. The molecule has 8 nitrogen and oxygen atoms in total. The molecule has 148 valence electrons. The molecule has 1 saturated carbocycles.